The van der Waals surface area contributed by atoms with Crippen molar-refractivity contribution in [3.8, 4) is 5.75 Å². The fourth-order valence-corrected chi connectivity index (χ4v) is 3.72. The first-order valence-electron chi connectivity index (χ1n) is 9.00. The molecule has 0 spiro atoms. The Balaban J connectivity index is 1.71. The van der Waals surface area contributed by atoms with Crippen LogP contribution in [0.3, 0.4) is 0 Å². The standard InChI is InChI=1S/C20H23N3O2/c24-19-15-25-18-10-7-11-21-20(18)23(19)17(16-8-3-1-4-9-16)14-22-12-5-2-6-13-22/h1,3-4,7-11,17H,2,5-6,12-15H2. The van der Waals surface area contributed by atoms with Crippen LogP contribution in [0, 0.1) is 0 Å². The summed E-state index contributed by atoms with van der Waals surface area (Å²) in [5.41, 5.74) is 1.14. The third-order valence-electron chi connectivity index (χ3n) is 4.97. The van der Waals surface area contributed by atoms with Gasteiger partial charge in [-0.05, 0) is 43.6 Å². The van der Waals surface area contributed by atoms with Gasteiger partial charge < -0.3 is 9.64 Å². The summed E-state index contributed by atoms with van der Waals surface area (Å²) in [6.07, 6.45) is 5.48. The molecule has 3 heterocycles. The largest absolute Gasteiger partial charge is 0.480 e. The number of piperidine rings is 1. The lowest BCUT2D eigenvalue weighted by Gasteiger charge is -2.38. The van der Waals surface area contributed by atoms with Crippen LogP contribution >= 0.6 is 0 Å². The van der Waals surface area contributed by atoms with E-state index in [9.17, 15) is 4.79 Å². The normalized spacial score (nSPS) is 19.2. The lowest BCUT2D eigenvalue weighted by atomic mass is 10.0. The minimum atomic E-state index is -0.0515. The van der Waals surface area contributed by atoms with Gasteiger partial charge in [-0.25, -0.2) is 4.98 Å². The van der Waals surface area contributed by atoms with Crippen LogP contribution < -0.4 is 9.64 Å². The zero-order valence-corrected chi connectivity index (χ0v) is 14.3. The highest BCUT2D eigenvalue weighted by molar-refractivity contribution is 5.97. The number of aromatic nitrogens is 1. The Morgan fingerprint density at radius 1 is 1.04 bits per heavy atom. The zero-order chi connectivity index (χ0) is 17.1. The van der Waals surface area contributed by atoms with Crippen molar-refractivity contribution in [2.75, 3.05) is 31.1 Å². The highest BCUT2D eigenvalue weighted by atomic mass is 16.5. The number of fused-ring (bicyclic) bond motifs is 1. The van der Waals surface area contributed by atoms with Gasteiger partial charge >= 0.3 is 0 Å². The Labute approximate surface area is 148 Å². The molecule has 0 aliphatic carbocycles. The van der Waals surface area contributed by atoms with E-state index in [2.05, 4.69) is 22.0 Å². The maximum absolute atomic E-state index is 12.8. The van der Waals surface area contributed by atoms with E-state index in [4.69, 9.17) is 4.74 Å². The summed E-state index contributed by atoms with van der Waals surface area (Å²) in [6, 6.07) is 13.9. The minimum absolute atomic E-state index is 0.0305. The number of ether oxygens (including phenoxy) is 1. The predicted octanol–water partition coefficient (Wildman–Crippen LogP) is 3.03. The average molecular weight is 337 g/mol. The molecule has 5 nitrogen and oxygen atoms in total. The second-order valence-corrected chi connectivity index (χ2v) is 6.67. The molecule has 1 saturated heterocycles. The molecule has 5 heteroatoms. The van der Waals surface area contributed by atoms with E-state index in [1.165, 1.54) is 19.3 Å². The van der Waals surface area contributed by atoms with Crippen molar-refractivity contribution >= 4 is 11.7 Å². The molecule has 0 N–H and O–H groups in total. The summed E-state index contributed by atoms with van der Waals surface area (Å²) in [6.45, 7) is 3.08. The van der Waals surface area contributed by atoms with Gasteiger partial charge in [0.1, 0.15) is 0 Å². The van der Waals surface area contributed by atoms with Crippen molar-refractivity contribution in [1.29, 1.82) is 0 Å². The van der Waals surface area contributed by atoms with E-state index in [0.717, 1.165) is 25.2 Å². The van der Waals surface area contributed by atoms with Crippen LogP contribution in [0.2, 0.25) is 0 Å². The number of benzene rings is 1. The fraction of sp³-hybridized carbons (Fsp3) is 0.400. The summed E-state index contributed by atoms with van der Waals surface area (Å²) in [4.78, 5) is 21.5. The van der Waals surface area contributed by atoms with Crippen LogP contribution in [0.15, 0.2) is 48.7 Å². The SMILES string of the molecule is O=C1COc2cccnc2N1C(CN1CCCCC1)c1ccccc1. The number of carbonyl (C=O) groups is 1. The summed E-state index contributed by atoms with van der Waals surface area (Å²) in [7, 11) is 0. The molecule has 0 radical (unpaired) electrons. The Morgan fingerprint density at radius 2 is 1.84 bits per heavy atom. The number of nitrogens with zero attached hydrogens (tertiary/aromatic N) is 3. The fourth-order valence-electron chi connectivity index (χ4n) is 3.72. The molecule has 25 heavy (non-hydrogen) atoms. The lowest BCUT2D eigenvalue weighted by molar-refractivity contribution is -0.122. The van der Waals surface area contributed by atoms with E-state index in [1.54, 1.807) is 6.20 Å². The summed E-state index contributed by atoms with van der Waals surface area (Å²) in [5.74, 6) is 1.28. The molecule has 2 aromatic rings. The van der Waals surface area contributed by atoms with Gasteiger partial charge in [-0.3, -0.25) is 9.69 Å². The molecular weight excluding hydrogens is 314 g/mol. The number of rotatable bonds is 4. The molecule has 1 fully saturated rings. The first kappa shape index (κ1) is 16.1. The monoisotopic (exact) mass is 337 g/mol. The molecular formula is C20H23N3O2. The van der Waals surface area contributed by atoms with Gasteiger partial charge in [0, 0.05) is 12.7 Å². The van der Waals surface area contributed by atoms with Crippen molar-refractivity contribution < 1.29 is 9.53 Å². The van der Waals surface area contributed by atoms with Crippen LogP contribution in [0.1, 0.15) is 30.9 Å². The zero-order valence-electron chi connectivity index (χ0n) is 14.3. The maximum atomic E-state index is 12.8. The molecule has 1 unspecified atom stereocenters. The Hall–Kier alpha value is -2.40. The predicted molar refractivity (Wildman–Crippen MR) is 96.7 cm³/mol. The Bertz CT molecular complexity index is 729. The van der Waals surface area contributed by atoms with Gasteiger partial charge in [0.25, 0.3) is 5.91 Å². The Morgan fingerprint density at radius 3 is 2.64 bits per heavy atom. The highest BCUT2D eigenvalue weighted by Gasteiger charge is 2.34. The summed E-state index contributed by atoms with van der Waals surface area (Å²) < 4.78 is 5.57. The van der Waals surface area contributed by atoms with Crippen molar-refractivity contribution in [3.63, 3.8) is 0 Å². The average Bonchev–Trinajstić information content (AvgIpc) is 2.68. The van der Waals surface area contributed by atoms with Crippen LogP contribution in [0.25, 0.3) is 0 Å². The van der Waals surface area contributed by atoms with Gasteiger partial charge in [0.15, 0.2) is 18.2 Å². The molecule has 0 bridgehead atoms. The molecule has 1 aromatic carbocycles. The highest BCUT2D eigenvalue weighted by Crippen LogP contribution is 2.36. The molecule has 4 rings (SSSR count). The minimum Gasteiger partial charge on any atom is -0.480 e. The Kier molecular flexibility index (Phi) is 4.65. The molecule has 1 amide bonds. The van der Waals surface area contributed by atoms with Crippen LogP contribution in [0.4, 0.5) is 5.82 Å². The maximum Gasteiger partial charge on any atom is 0.266 e. The number of hydrogen-bond acceptors (Lipinski definition) is 4. The quantitative estimate of drug-likeness (QED) is 0.860. The third-order valence-corrected chi connectivity index (χ3v) is 4.97. The third kappa shape index (κ3) is 3.37. The number of likely N-dealkylation sites (tertiary alicyclic amines) is 1. The van der Waals surface area contributed by atoms with Gasteiger partial charge in [0.2, 0.25) is 0 Å². The second kappa shape index (κ2) is 7.23. The molecule has 0 saturated carbocycles. The van der Waals surface area contributed by atoms with Gasteiger partial charge in [-0.15, -0.1) is 0 Å². The van der Waals surface area contributed by atoms with Crippen molar-refractivity contribution in [1.82, 2.24) is 9.88 Å². The molecule has 1 aromatic heterocycles. The molecule has 2 aliphatic heterocycles. The number of pyridine rings is 1. The lowest BCUT2D eigenvalue weighted by Crippen LogP contribution is -2.47. The van der Waals surface area contributed by atoms with Gasteiger partial charge in [0.05, 0.1) is 6.04 Å². The van der Waals surface area contributed by atoms with Gasteiger partial charge in [-0.2, -0.15) is 0 Å². The van der Waals surface area contributed by atoms with Crippen molar-refractivity contribution in [3.05, 3.63) is 54.2 Å². The van der Waals surface area contributed by atoms with E-state index in [0.29, 0.717) is 11.6 Å². The van der Waals surface area contributed by atoms with E-state index in [-0.39, 0.29) is 18.6 Å². The van der Waals surface area contributed by atoms with E-state index < -0.39 is 0 Å². The van der Waals surface area contributed by atoms with E-state index in [1.807, 2.05) is 35.2 Å². The first-order chi connectivity index (χ1) is 12.3. The number of amides is 1. The molecule has 1 atom stereocenters. The van der Waals surface area contributed by atoms with Crippen LogP contribution in [-0.4, -0.2) is 42.0 Å². The second-order valence-electron chi connectivity index (χ2n) is 6.67. The number of hydrogen-bond donors (Lipinski definition) is 0. The smallest absolute Gasteiger partial charge is 0.266 e. The van der Waals surface area contributed by atoms with E-state index >= 15 is 0 Å². The van der Waals surface area contributed by atoms with Crippen LogP contribution in [-0.2, 0) is 4.79 Å². The molecule has 130 valence electrons. The van der Waals surface area contributed by atoms with Crippen molar-refractivity contribution in [2.24, 2.45) is 0 Å². The number of carbonyl (C=O) groups excluding carboxylic acids is 1. The summed E-state index contributed by atoms with van der Waals surface area (Å²) >= 11 is 0. The number of anilines is 1. The summed E-state index contributed by atoms with van der Waals surface area (Å²) in [5, 5.41) is 0. The topological polar surface area (TPSA) is 45.7 Å². The first-order valence-corrected chi connectivity index (χ1v) is 9.00. The van der Waals surface area contributed by atoms with Gasteiger partial charge in [-0.1, -0.05) is 36.8 Å². The van der Waals surface area contributed by atoms with Crippen molar-refractivity contribution in [2.45, 2.75) is 25.3 Å². The molecule has 2 aliphatic rings. The van der Waals surface area contributed by atoms with Crippen LogP contribution in [0.5, 0.6) is 5.75 Å².